The van der Waals surface area contributed by atoms with E-state index in [4.69, 9.17) is 0 Å². The smallest absolute Gasteiger partial charge is 0.0607 e. The topological polar surface area (TPSA) is 24.9 Å². The number of aryl methyl sites for hydroxylation is 2. The first-order chi connectivity index (χ1) is 7.27. The summed E-state index contributed by atoms with van der Waals surface area (Å²) >= 11 is 0. The van der Waals surface area contributed by atoms with E-state index in [-0.39, 0.29) is 0 Å². The Hall–Kier alpha value is -1.83. The molecule has 2 heteroatoms. The van der Waals surface area contributed by atoms with E-state index in [9.17, 15) is 0 Å². The van der Waals surface area contributed by atoms with E-state index in [1.54, 1.807) is 6.20 Å². The minimum absolute atomic E-state index is 1.01. The molecule has 0 atom stereocenters. The largest absolute Gasteiger partial charge is 0.354 e. The molecule has 0 radical (unpaired) electrons. The first-order valence-electron chi connectivity index (χ1n) is 5.01. The molecule has 0 aliphatic rings. The predicted molar refractivity (Wildman–Crippen MR) is 63.4 cm³/mol. The van der Waals surface area contributed by atoms with Crippen molar-refractivity contribution in [3.05, 3.63) is 53.9 Å². The zero-order chi connectivity index (χ0) is 10.7. The number of anilines is 2. The van der Waals surface area contributed by atoms with Gasteiger partial charge < -0.3 is 5.32 Å². The lowest BCUT2D eigenvalue weighted by Gasteiger charge is -2.10. The summed E-state index contributed by atoms with van der Waals surface area (Å²) in [6.07, 6.45) is 1.80. The first-order valence-corrected chi connectivity index (χ1v) is 5.01. The molecule has 2 aromatic rings. The standard InChI is InChI=1S/C13H14N2/c1-10-6-3-4-7-12(10)15-13-8-5-9-14-11(13)2/h3-9,15H,1-2H3. The minimum Gasteiger partial charge on any atom is -0.354 e. The molecular weight excluding hydrogens is 184 g/mol. The summed E-state index contributed by atoms with van der Waals surface area (Å²) in [5.74, 6) is 0. The van der Waals surface area contributed by atoms with Gasteiger partial charge in [-0.3, -0.25) is 4.98 Å². The van der Waals surface area contributed by atoms with Crippen molar-refractivity contribution in [1.29, 1.82) is 0 Å². The van der Waals surface area contributed by atoms with Crippen molar-refractivity contribution in [2.24, 2.45) is 0 Å². The highest BCUT2D eigenvalue weighted by Gasteiger charge is 2.00. The lowest BCUT2D eigenvalue weighted by Crippen LogP contribution is -1.96. The summed E-state index contributed by atoms with van der Waals surface area (Å²) in [4.78, 5) is 4.24. The summed E-state index contributed by atoms with van der Waals surface area (Å²) < 4.78 is 0. The summed E-state index contributed by atoms with van der Waals surface area (Å²) in [7, 11) is 0. The Labute approximate surface area is 90.0 Å². The van der Waals surface area contributed by atoms with Crippen molar-refractivity contribution in [1.82, 2.24) is 4.98 Å². The van der Waals surface area contributed by atoms with Crippen molar-refractivity contribution < 1.29 is 0 Å². The van der Waals surface area contributed by atoms with Crippen molar-refractivity contribution in [3.8, 4) is 0 Å². The zero-order valence-corrected chi connectivity index (χ0v) is 8.99. The number of rotatable bonds is 2. The number of hydrogen-bond donors (Lipinski definition) is 1. The van der Waals surface area contributed by atoms with Crippen LogP contribution >= 0.6 is 0 Å². The van der Waals surface area contributed by atoms with Crippen LogP contribution in [-0.2, 0) is 0 Å². The van der Waals surface area contributed by atoms with E-state index in [1.165, 1.54) is 5.56 Å². The lowest BCUT2D eigenvalue weighted by molar-refractivity contribution is 1.20. The summed E-state index contributed by atoms with van der Waals surface area (Å²) in [5.41, 5.74) is 4.45. The molecule has 0 bridgehead atoms. The van der Waals surface area contributed by atoms with E-state index in [0.717, 1.165) is 17.1 Å². The van der Waals surface area contributed by atoms with Crippen molar-refractivity contribution in [3.63, 3.8) is 0 Å². The van der Waals surface area contributed by atoms with Gasteiger partial charge in [-0.1, -0.05) is 18.2 Å². The maximum atomic E-state index is 4.24. The lowest BCUT2D eigenvalue weighted by atomic mass is 10.2. The van der Waals surface area contributed by atoms with Crippen LogP contribution in [0.2, 0.25) is 0 Å². The van der Waals surface area contributed by atoms with Gasteiger partial charge in [-0.15, -0.1) is 0 Å². The second-order valence-electron chi connectivity index (χ2n) is 3.58. The predicted octanol–water partition coefficient (Wildman–Crippen LogP) is 3.44. The molecule has 1 aromatic carbocycles. The van der Waals surface area contributed by atoms with E-state index in [0.29, 0.717) is 0 Å². The summed E-state index contributed by atoms with van der Waals surface area (Å²) in [5, 5.41) is 3.38. The van der Waals surface area contributed by atoms with E-state index < -0.39 is 0 Å². The van der Waals surface area contributed by atoms with Crippen LogP contribution in [0.4, 0.5) is 11.4 Å². The van der Waals surface area contributed by atoms with Gasteiger partial charge in [0.2, 0.25) is 0 Å². The molecule has 15 heavy (non-hydrogen) atoms. The normalized spacial score (nSPS) is 10.0. The van der Waals surface area contributed by atoms with Crippen LogP contribution in [0.1, 0.15) is 11.3 Å². The number of nitrogens with zero attached hydrogens (tertiary/aromatic N) is 1. The maximum Gasteiger partial charge on any atom is 0.0607 e. The Morgan fingerprint density at radius 3 is 2.40 bits per heavy atom. The number of hydrogen-bond acceptors (Lipinski definition) is 2. The van der Waals surface area contributed by atoms with Gasteiger partial charge in [-0.2, -0.15) is 0 Å². The SMILES string of the molecule is Cc1ccccc1Nc1cccnc1C. The quantitative estimate of drug-likeness (QED) is 0.799. The Morgan fingerprint density at radius 1 is 0.933 bits per heavy atom. The molecule has 0 amide bonds. The van der Waals surface area contributed by atoms with Crippen LogP contribution in [0.5, 0.6) is 0 Å². The van der Waals surface area contributed by atoms with Gasteiger partial charge in [0.1, 0.15) is 0 Å². The molecule has 0 fully saturated rings. The number of benzene rings is 1. The molecule has 2 nitrogen and oxygen atoms in total. The van der Waals surface area contributed by atoms with Gasteiger partial charge in [0.25, 0.3) is 0 Å². The van der Waals surface area contributed by atoms with E-state index in [1.807, 2.05) is 31.2 Å². The second-order valence-corrected chi connectivity index (χ2v) is 3.58. The van der Waals surface area contributed by atoms with Crippen molar-refractivity contribution >= 4 is 11.4 Å². The average Bonchev–Trinajstić information content (AvgIpc) is 2.24. The van der Waals surface area contributed by atoms with Crippen LogP contribution in [0, 0.1) is 13.8 Å². The molecule has 1 N–H and O–H groups in total. The first kappa shape index (κ1) is 9.71. The molecule has 0 spiro atoms. The van der Waals surface area contributed by atoms with Crippen molar-refractivity contribution in [2.45, 2.75) is 13.8 Å². The van der Waals surface area contributed by atoms with Gasteiger partial charge in [0, 0.05) is 11.9 Å². The van der Waals surface area contributed by atoms with Crippen LogP contribution < -0.4 is 5.32 Å². The molecular formula is C13H14N2. The van der Waals surface area contributed by atoms with Crippen molar-refractivity contribution in [2.75, 3.05) is 5.32 Å². The molecule has 76 valence electrons. The molecule has 2 rings (SSSR count). The Morgan fingerprint density at radius 2 is 1.67 bits per heavy atom. The van der Waals surface area contributed by atoms with Crippen LogP contribution in [-0.4, -0.2) is 4.98 Å². The molecule has 0 saturated carbocycles. The third-order valence-corrected chi connectivity index (χ3v) is 2.42. The third-order valence-electron chi connectivity index (χ3n) is 2.42. The van der Waals surface area contributed by atoms with Crippen LogP contribution in [0.3, 0.4) is 0 Å². The Bertz CT molecular complexity index is 420. The molecule has 0 aliphatic heterocycles. The van der Waals surface area contributed by atoms with Crippen LogP contribution in [0.15, 0.2) is 42.6 Å². The molecule has 1 aromatic heterocycles. The van der Waals surface area contributed by atoms with Crippen LogP contribution in [0.25, 0.3) is 0 Å². The molecule has 0 saturated heterocycles. The fraction of sp³-hybridized carbons (Fsp3) is 0.154. The molecule has 0 unspecified atom stereocenters. The highest BCUT2D eigenvalue weighted by Crippen LogP contribution is 2.21. The minimum atomic E-state index is 1.01. The number of para-hydroxylation sites is 1. The maximum absolute atomic E-state index is 4.24. The van der Waals surface area contributed by atoms with Gasteiger partial charge in [-0.25, -0.2) is 0 Å². The average molecular weight is 198 g/mol. The fourth-order valence-electron chi connectivity index (χ4n) is 1.47. The summed E-state index contributed by atoms with van der Waals surface area (Å²) in [6.45, 7) is 4.09. The third kappa shape index (κ3) is 2.15. The van der Waals surface area contributed by atoms with E-state index >= 15 is 0 Å². The highest BCUT2D eigenvalue weighted by atomic mass is 14.9. The number of pyridine rings is 1. The molecule has 1 heterocycles. The van der Waals surface area contributed by atoms with E-state index in [2.05, 4.69) is 29.4 Å². The second kappa shape index (κ2) is 4.13. The monoisotopic (exact) mass is 198 g/mol. The number of aromatic nitrogens is 1. The van der Waals surface area contributed by atoms with Gasteiger partial charge in [-0.05, 0) is 37.6 Å². The highest BCUT2D eigenvalue weighted by molar-refractivity contribution is 5.64. The number of nitrogens with one attached hydrogen (secondary N) is 1. The fourth-order valence-corrected chi connectivity index (χ4v) is 1.47. The zero-order valence-electron chi connectivity index (χ0n) is 8.99. The van der Waals surface area contributed by atoms with Gasteiger partial charge >= 0.3 is 0 Å². The van der Waals surface area contributed by atoms with Gasteiger partial charge in [0.15, 0.2) is 0 Å². The molecule has 0 aliphatic carbocycles. The van der Waals surface area contributed by atoms with Gasteiger partial charge in [0.05, 0.1) is 11.4 Å². The Balaban J connectivity index is 2.30. The Kier molecular flexibility index (Phi) is 2.68. The summed E-state index contributed by atoms with van der Waals surface area (Å²) in [6, 6.07) is 12.2.